The number of hydrogen-bond acceptors (Lipinski definition) is 3. The Labute approximate surface area is 116 Å². The van der Waals surface area contributed by atoms with E-state index in [1.165, 1.54) is 0 Å². The van der Waals surface area contributed by atoms with Gasteiger partial charge in [-0.3, -0.25) is 0 Å². The largest absolute Gasteiger partial charge is 0.454 e. The van der Waals surface area contributed by atoms with Gasteiger partial charge in [0.2, 0.25) is 6.79 Å². The third-order valence-corrected chi connectivity index (χ3v) is 3.03. The van der Waals surface area contributed by atoms with Crippen molar-refractivity contribution >= 4 is 11.7 Å². The van der Waals surface area contributed by atoms with Crippen LogP contribution in [0.15, 0.2) is 30.3 Å². The van der Waals surface area contributed by atoms with E-state index in [0.717, 1.165) is 11.3 Å². The van der Waals surface area contributed by atoms with Crippen molar-refractivity contribution in [2.75, 3.05) is 12.1 Å². The van der Waals surface area contributed by atoms with Crippen LogP contribution >= 0.6 is 0 Å². The quantitative estimate of drug-likeness (QED) is 0.909. The van der Waals surface area contributed by atoms with Gasteiger partial charge in [0, 0.05) is 6.07 Å². The molecule has 2 heterocycles. The van der Waals surface area contributed by atoms with Crippen LogP contribution < -0.4 is 19.8 Å². The lowest BCUT2D eigenvalue weighted by Crippen LogP contribution is -2.21. The summed E-state index contributed by atoms with van der Waals surface area (Å²) < 4.78 is 10.5. The lowest BCUT2D eigenvalue weighted by Gasteiger charge is -2.02. The maximum absolute atomic E-state index is 12.2. The first kappa shape index (κ1) is 12.5. The van der Waals surface area contributed by atoms with Crippen LogP contribution in [0.1, 0.15) is 21.6 Å². The highest BCUT2D eigenvalue weighted by Crippen LogP contribution is 2.32. The predicted octanol–water partition coefficient (Wildman–Crippen LogP) is 2.10. The van der Waals surface area contributed by atoms with Crippen molar-refractivity contribution in [3.8, 4) is 11.5 Å². The molecule has 3 rings (SSSR count). The van der Waals surface area contributed by atoms with Crippen molar-refractivity contribution in [2.24, 2.45) is 0 Å². The van der Waals surface area contributed by atoms with Crippen LogP contribution in [0.5, 0.6) is 11.5 Å². The number of aromatic nitrogens is 1. The van der Waals surface area contributed by atoms with E-state index in [4.69, 9.17) is 9.47 Å². The van der Waals surface area contributed by atoms with E-state index >= 15 is 0 Å². The third-order valence-electron chi connectivity index (χ3n) is 3.03. The minimum absolute atomic E-state index is 0.190. The molecule has 0 radical (unpaired) electrons. The Balaban J connectivity index is 1.82. The maximum Gasteiger partial charge on any atom is 0.339 e. The van der Waals surface area contributed by atoms with Gasteiger partial charge in [0.1, 0.15) is 0 Å². The van der Waals surface area contributed by atoms with E-state index < -0.39 is 0 Å². The van der Waals surface area contributed by atoms with Gasteiger partial charge in [0.05, 0.1) is 11.3 Å². The van der Waals surface area contributed by atoms with Gasteiger partial charge < -0.3 is 9.47 Å². The highest BCUT2D eigenvalue weighted by molar-refractivity contribution is 6.03. The van der Waals surface area contributed by atoms with Crippen LogP contribution in [0.2, 0.25) is 0 Å². The van der Waals surface area contributed by atoms with Gasteiger partial charge >= 0.3 is 5.91 Å². The Hall–Kier alpha value is -2.56. The van der Waals surface area contributed by atoms with Gasteiger partial charge in [-0.05, 0) is 43.7 Å². The molecule has 2 N–H and O–H groups in total. The molecule has 1 aliphatic rings. The van der Waals surface area contributed by atoms with Crippen LogP contribution in [0, 0.1) is 13.8 Å². The molecular weight excluding hydrogens is 256 g/mol. The number of carbonyl (C=O) groups excluding carboxylic acids is 1. The van der Waals surface area contributed by atoms with Gasteiger partial charge in [-0.25, -0.2) is 15.1 Å². The minimum Gasteiger partial charge on any atom is -0.454 e. The molecule has 1 amide bonds. The summed E-state index contributed by atoms with van der Waals surface area (Å²) in [4.78, 5) is 15.3. The highest BCUT2D eigenvalue weighted by Gasteiger charge is 2.19. The number of rotatable bonds is 2. The lowest BCUT2D eigenvalue weighted by molar-refractivity contribution is -0.370. The Kier molecular flexibility index (Phi) is 3.02. The first-order chi connectivity index (χ1) is 9.61. The topological polar surface area (TPSA) is 61.7 Å². The second-order valence-electron chi connectivity index (χ2n) is 4.78. The number of benzene rings is 1. The van der Waals surface area contributed by atoms with Gasteiger partial charge in [-0.15, -0.1) is 0 Å². The molecule has 0 saturated heterocycles. The molecule has 1 aromatic heterocycles. The summed E-state index contributed by atoms with van der Waals surface area (Å²) >= 11 is 0. The van der Waals surface area contributed by atoms with Crippen LogP contribution in [0.4, 0.5) is 5.82 Å². The number of pyridine rings is 1. The summed E-state index contributed by atoms with van der Waals surface area (Å²) in [6, 6.07) is 9.03. The van der Waals surface area contributed by atoms with Crippen molar-refractivity contribution in [2.45, 2.75) is 13.8 Å². The Morgan fingerprint density at radius 3 is 2.75 bits per heavy atom. The Morgan fingerprint density at radius 2 is 1.95 bits per heavy atom. The molecule has 0 spiro atoms. The molecule has 0 saturated carbocycles. The van der Waals surface area contributed by atoms with Crippen LogP contribution in [-0.2, 0) is 0 Å². The molecule has 20 heavy (non-hydrogen) atoms. The second-order valence-corrected chi connectivity index (χ2v) is 4.78. The van der Waals surface area contributed by atoms with Crippen LogP contribution in [0.25, 0.3) is 0 Å². The number of hydrogen-bond donors (Lipinski definition) is 1. The maximum atomic E-state index is 12.2. The molecule has 1 aliphatic heterocycles. The third kappa shape index (κ3) is 2.42. The number of aryl methyl sites for hydroxylation is 2. The molecule has 5 nitrogen and oxygen atoms in total. The van der Waals surface area contributed by atoms with E-state index in [1.807, 2.05) is 26.0 Å². The van der Waals surface area contributed by atoms with Crippen molar-refractivity contribution in [3.05, 3.63) is 47.2 Å². The fourth-order valence-electron chi connectivity index (χ4n) is 2.20. The second kappa shape index (κ2) is 4.85. The van der Waals surface area contributed by atoms with Gasteiger partial charge in [-0.2, -0.15) is 0 Å². The Bertz CT molecular complexity index is 663. The average molecular weight is 271 g/mol. The summed E-state index contributed by atoms with van der Waals surface area (Å²) in [6.45, 7) is 4.13. The molecular formula is C15H15N2O3+. The first-order valence-corrected chi connectivity index (χ1v) is 6.33. The lowest BCUT2D eigenvalue weighted by atomic mass is 10.2. The zero-order valence-corrected chi connectivity index (χ0v) is 11.3. The van der Waals surface area contributed by atoms with Gasteiger partial charge in [0.15, 0.2) is 11.5 Å². The van der Waals surface area contributed by atoms with Crippen LogP contribution in [0.3, 0.4) is 0 Å². The van der Waals surface area contributed by atoms with E-state index in [9.17, 15) is 4.79 Å². The summed E-state index contributed by atoms with van der Waals surface area (Å²) in [5.41, 5.74) is 2.61. The molecule has 0 bridgehead atoms. The summed E-state index contributed by atoms with van der Waals surface area (Å²) in [5.74, 6) is 1.75. The van der Waals surface area contributed by atoms with E-state index in [1.54, 1.807) is 18.2 Å². The first-order valence-electron chi connectivity index (χ1n) is 6.33. The van der Waals surface area contributed by atoms with E-state index in [-0.39, 0.29) is 12.7 Å². The fourth-order valence-corrected chi connectivity index (χ4v) is 2.20. The molecule has 5 heteroatoms. The summed E-state index contributed by atoms with van der Waals surface area (Å²) in [6.07, 6.45) is 0. The molecule has 2 aromatic rings. The Morgan fingerprint density at radius 1 is 1.15 bits per heavy atom. The average Bonchev–Trinajstić information content (AvgIpc) is 2.84. The molecule has 0 aliphatic carbocycles. The molecule has 0 unspecified atom stereocenters. The van der Waals surface area contributed by atoms with Crippen LogP contribution in [-0.4, -0.2) is 12.7 Å². The smallest absolute Gasteiger partial charge is 0.339 e. The fraction of sp³-hybridized carbons (Fsp3) is 0.200. The van der Waals surface area contributed by atoms with E-state index in [0.29, 0.717) is 22.9 Å². The van der Waals surface area contributed by atoms with Gasteiger partial charge in [-0.1, -0.05) is 0 Å². The normalized spacial score (nSPS) is 12.3. The standard InChI is InChI=1S/C15H14N2O3/c1-9-5-10(2)16-14(6-9)17-15(18)11-3-4-12-13(7-11)20-8-19-12/h3-7H,8H2,1-2H3,(H,16,17,18)/p+1. The summed E-state index contributed by atoms with van der Waals surface area (Å²) in [7, 11) is 0. The predicted molar refractivity (Wildman–Crippen MR) is 73.0 cm³/mol. The molecule has 1 aromatic carbocycles. The summed E-state index contributed by atoms with van der Waals surface area (Å²) in [5, 5.41) is 2.84. The number of anilines is 1. The van der Waals surface area contributed by atoms with Crippen molar-refractivity contribution in [3.63, 3.8) is 0 Å². The number of amides is 1. The van der Waals surface area contributed by atoms with Gasteiger partial charge in [0.25, 0.3) is 5.82 Å². The minimum atomic E-state index is -0.190. The number of aromatic amines is 1. The van der Waals surface area contributed by atoms with Crippen molar-refractivity contribution in [1.29, 1.82) is 0 Å². The zero-order valence-electron chi connectivity index (χ0n) is 11.3. The van der Waals surface area contributed by atoms with Crippen molar-refractivity contribution in [1.82, 2.24) is 0 Å². The van der Waals surface area contributed by atoms with Crippen molar-refractivity contribution < 1.29 is 19.3 Å². The number of carbonyl (C=O) groups is 1. The zero-order chi connectivity index (χ0) is 14.1. The van der Waals surface area contributed by atoms with E-state index in [2.05, 4.69) is 10.3 Å². The number of fused-ring (bicyclic) bond motifs is 1. The molecule has 102 valence electrons. The number of ether oxygens (including phenoxy) is 2. The SMILES string of the molecule is Cc1cc(C)[nH+]c(NC(=O)c2ccc3c(c2)OCO3)c1. The molecule has 0 atom stereocenters. The highest BCUT2D eigenvalue weighted by atomic mass is 16.7. The monoisotopic (exact) mass is 271 g/mol. The number of H-pyrrole nitrogens is 1. The number of nitrogens with one attached hydrogen (secondary N) is 2. The molecule has 0 fully saturated rings.